The van der Waals surface area contributed by atoms with E-state index in [1.807, 2.05) is 32.9 Å². The highest BCUT2D eigenvalue weighted by Crippen LogP contribution is 2.36. The first-order valence-electron chi connectivity index (χ1n) is 9.21. The van der Waals surface area contributed by atoms with E-state index in [4.69, 9.17) is 18.9 Å². The number of ether oxygens (including phenoxy) is 4. The van der Waals surface area contributed by atoms with Crippen molar-refractivity contribution in [3.8, 4) is 17.2 Å². The first kappa shape index (κ1) is 21.2. The highest BCUT2D eigenvalue weighted by Gasteiger charge is 2.24. The number of carbonyl (C=O) groups excluding carboxylic acids is 1. The average molecular weight is 507 g/mol. The Balaban J connectivity index is 1.93. The van der Waals surface area contributed by atoms with Gasteiger partial charge in [-0.3, -0.25) is 0 Å². The number of methoxy groups -OCH3 is 1. The summed E-state index contributed by atoms with van der Waals surface area (Å²) in [7, 11) is 1.60. The summed E-state index contributed by atoms with van der Waals surface area (Å²) in [6.45, 7) is 6.35. The van der Waals surface area contributed by atoms with Crippen molar-refractivity contribution in [1.29, 1.82) is 0 Å². The largest absolute Gasteiger partial charge is 0.497 e. The molecule has 0 unspecified atom stereocenters. The molecule has 6 nitrogen and oxygen atoms in total. The molecule has 29 heavy (non-hydrogen) atoms. The van der Waals surface area contributed by atoms with Crippen LogP contribution < -0.4 is 14.2 Å². The molecule has 0 radical (unpaired) electrons. The maximum Gasteiger partial charge on any atom is 0.363 e. The fraction of sp³-hybridized carbons (Fsp3) is 0.273. The summed E-state index contributed by atoms with van der Waals surface area (Å²) in [5.41, 5.74) is 1.71. The van der Waals surface area contributed by atoms with E-state index in [1.165, 1.54) is 0 Å². The lowest BCUT2D eigenvalue weighted by Crippen LogP contribution is -2.09. The second-order valence-electron chi connectivity index (χ2n) is 6.49. The van der Waals surface area contributed by atoms with Gasteiger partial charge in [0, 0.05) is 5.56 Å². The molecule has 0 bridgehead atoms. The van der Waals surface area contributed by atoms with E-state index in [0.717, 1.165) is 14.9 Å². The Morgan fingerprint density at radius 3 is 2.55 bits per heavy atom. The highest BCUT2D eigenvalue weighted by molar-refractivity contribution is 14.1. The summed E-state index contributed by atoms with van der Waals surface area (Å²) >= 11 is 2.20. The van der Waals surface area contributed by atoms with Crippen molar-refractivity contribution in [1.82, 2.24) is 0 Å². The van der Waals surface area contributed by atoms with E-state index in [-0.39, 0.29) is 17.7 Å². The van der Waals surface area contributed by atoms with E-state index >= 15 is 0 Å². The summed E-state index contributed by atoms with van der Waals surface area (Å²) in [6, 6.07) is 10.9. The molecule has 0 saturated heterocycles. The fourth-order valence-electron chi connectivity index (χ4n) is 2.71. The van der Waals surface area contributed by atoms with Gasteiger partial charge in [0.2, 0.25) is 5.90 Å². The Morgan fingerprint density at radius 2 is 1.93 bits per heavy atom. The molecule has 152 valence electrons. The molecule has 1 heterocycles. The number of esters is 1. The van der Waals surface area contributed by atoms with Crippen molar-refractivity contribution in [2.24, 2.45) is 4.99 Å². The van der Waals surface area contributed by atoms with Gasteiger partial charge < -0.3 is 18.9 Å². The molecule has 7 heteroatoms. The van der Waals surface area contributed by atoms with Gasteiger partial charge in [0.05, 0.1) is 23.4 Å². The molecule has 0 amide bonds. The highest BCUT2D eigenvalue weighted by atomic mass is 127. The molecule has 1 aliphatic rings. The molecule has 3 rings (SSSR count). The van der Waals surface area contributed by atoms with E-state index < -0.39 is 5.97 Å². The zero-order valence-corrected chi connectivity index (χ0v) is 18.8. The molecule has 0 aliphatic carbocycles. The zero-order valence-electron chi connectivity index (χ0n) is 16.7. The van der Waals surface area contributed by atoms with Crippen LogP contribution in [0.1, 0.15) is 31.9 Å². The summed E-state index contributed by atoms with van der Waals surface area (Å²) < 4.78 is 23.0. The van der Waals surface area contributed by atoms with Crippen LogP contribution in [0.25, 0.3) is 6.08 Å². The quantitative estimate of drug-likeness (QED) is 0.305. The van der Waals surface area contributed by atoms with Crippen molar-refractivity contribution in [2.45, 2.75) is 26.9 Å². The first-order chi connectivity index (χ1) is 13.9. The molecule has 0 N–H and O–H groups in total. The predicted molar refractivity (Wildman–Crippen MR) is 120 cm³/mol. The Morgan fingerprint density at radius 1 is 1.21 bits per heavy atom. The van der Waals surface area contributed by atoms with Gasteiger partial charge >= 0.3 is 5.97 Å². The van der Waals surface area contributed by atoms with E-state index in [1.54, 1.807) is 37.5 Å². The van der Waals surface area contributed by atoms with Gasteiger partial charge in [-0.2, -0.15) is 0 Å². The SMILES string of the molecule is CCOc1cc(/C=C2\N=C(c3ccc(OC)cc3)OC2=O)cc(I)c1OC(C)C. The molecule has 0 aromatic heterocycles. The second kappa shape index (κ2) is 9.30. The number of hydrogen-bond donors (Lipinski definition) is 0. The van der Waals surface area contributed by atoms with Gasteiger partial charge in [0.1, 0.15) is 5.75 Å². The molecule has 0 fully saturated rings. The minimum absolute atomic E-state index is 0.0217. The van der Waals surface area contributed by atoms with E-state index in [0.29, 0.717) is 23.7 Å². The first-order valence-corrected chi connectivity index (χ1v) is 10.3. The van der Waals surface area contributed by atoms with Crippen LogP contribution in [0.4, 0.5) is 0 Å². The minimum Gasteiger partial charge on any atom is -0.497 e. The van der Waals surface area contributed by atoms with Gasteiger partial charge in [-0.1, -0.05) is 0 Å². The lowest BCUT2D eigenvalue weighted by atomic mass is 10.1. The van der Waals surface area contributed by atoms with Gasteiger partial charge in [-0.25, -0.2) is 9.79 Å². The van der Waals surface area contributed by atoms with Crippen molar-refractivity contribution in [3.63, 3.8) is 0 Å². The molecule has 0 atom stereocenters. The Kier molecular flexibility index (Phi) is 6.79. The van der Waals surface area contributed by atoms with Gasteiger partial charge in [0.25, 0.3) is 0 Å². The average Bonchev–Trinajstić information content (AvgIpc) is 3.05. The maximum absolute atomic E-state index is 12.3. The number of nitrogens with zero attached hydrogens (tertiary/aromatic N) is 1. The van der Waals surface area contributed by atoms with Crippen LogP contribution in [0.5, 0.6) is 17.2 Å². The monoisotopic (exact) mass is 507 g/mol. The fourth-order valence-corrected chi connectivity index (χ4v) is 3.46. The number of benzene rings is 2. The third kappa shape index (κ3) is 5.09. The molecule has 2 aromatic rings. The smallest absolute Gasteiger partial charge is 0.363 e. The predicted octanol–water partition coefficient (Wildman–Crippen LogP) is 4.83. The van der Waals surface area contributed by atoms with E-state index in [2.05, 4.69) is 27.6 Å². The summed E-state index contributed by atoms with van der Waals surface area (Å²) in [5, 5.41) is 0. The number of halogens is 1. The van der Waals surface area contributed by atoms with Crippen LogP contribution >= 0.6 is 22.6 Å². The van der Waals surface area contributed by atoms with Crippen molar-refractivity contribution >= 4 is 40.5 Å². The second-order valence-corrected chi connectivity index (χ2v) is 7.66. The van der Waals surface area contributed by atoms with Crippen LogP contribution in [0, 0.1) is 3.57 Å². The molecule has 2 aromatic carbocycles. The van der Waals surface area contributed by atoms with Gasteiger partial charge in [-0.15, -0.1) is 0 Å². The van der Waals surface area contributed by atoms with Crippen molar-refractivity contribution < 1.29 is 23.7 Å². The van der Waals surface area contributed by atoms with Crippen LogP contribution in [-0.4, -0.2) is 31.7 Å². The third-order valence-corrected chi connectivity index (χ3v) is 4.75. The lowest BCUT2D eigenvalue weighted by molar-refractivity contribution is -0.129. The topological polar surface area (TPSA) is 66.3 Å². The third-order valence-electron chi connectivity index (χ3n) is 3.95. The van der Waals surface area contributed by atoms with Crippen molar-refractivity contribution in [3.05, 3.63) is 56.8 Å². The summed E-state index contributed by atoms with van der Waals surface area (Å²) in [5.74, 6) is 1.82. The number of carbonyl (C=O) groups is 1. The maximum atomic E-state index is 12.3. The zero-order chi connectivity index (χ0) is 21.0. The molecule has 0 saturated carbocycles. The molecular weight excluding hydrogens is 485 g/mol. The summed E-state index contributed by atoms with van der Waals surface area (Å²) in [4.78, 5) is 16.7. The van der Waals surface area contributed by atoms with Gasteiger partial charge in [-0.05, 0) is 91.4 Å². The number of hydrogen-bond acceptors (Lipinski definition) is 6. The Hall–Kier alpha value is -2.55. The normalized spacial score (nSPS) is 14.8. The van der Waals surface area contributed by atoms with Crippen LogP contribution in [-0.2, 0) is 9.53 Å². The molecule has 0 spiro atoms. The lowest BCUT2D eigenvalue weighted by Gasteiger charge is -2.16. The van der Waals surface area contributed by atoms with Crippen LogP contribution in [0.15, 0.2) is 47.1 Å². The van der Waals surface area contributed by atoms with E-state index in [9.17, 15) is 4.79 Å². The van der Waals surface area contributed by atoms with Crippen molar-refractivity contribution in [2.75, 3.05) is 13.7 Å². The Labute approximate surface area is 183 Å². The van der Waals surface area contributed by atoms with Crippen LogP contribution in [0.2, 0.25) is 0 Å². The molecular formula is C22H22INO5. The van der Waals surface area contributed by atoms with Gasteiger partial charge in [0.15, 0.2) is 17.2 Å². The minimum atomic E-state index is -0.494. The molecule has 1 aliphatic heterocycles. The standard InChI is InChI=1S/C22H22INO5/c1-5-27-19-12-14(10-17(23)20(19)28-13(2)3)11-18-22(25)29-21(24-18)15-6-8-16(26-4)9-7-15/h6-13H,5H2,1-4H3/b18-11-. The van der Waals surface area contributed by atoms with Crippen LogP contribution in [0.3, 0.4) is 0 Å². The Bertz CT molecular complexity index is 964. The number of rotatable bonds is 7. The number of aliphatic imine (C=N–C) groups is 1. The number of cyclic esters (lactones) is 1. The summed E-state index contributed by atoms with van der Waals surface area (Å²) in [6.07, 6.45) is 1.70.